The SMILES string of the molecule is CC(C)(C)N1CCC2(CCCN(C3CCN(C(C)(C)C)C3)C2)CC1. The molecule has 0 aromatic carbocycles. The molecule has 140 valence electrons. The lowest BCUT2D eigenvalue weighted by Gasteiger charge is -2.51. The normalized spacial score (nSPS) is 31.0. The van der Waals surface area contributed by atoms with Crippen LogP contribution in [0.15, 0.2) is 0 Å². The summed E-state index contributed by atoms with van der Waals surface area (Å²) < 4.78 is 0. The molecule has 3 aliphatic rings. The number of hydrogen-bond acceptors (Lipinski definition) is 3. The molecule has 3 nitrogen and oxygen atoms in total. The molecule has 0 amide bonds. The van der Waals surface area contributed by atoms with E-state index in [0.29, 0.717) is 16.5 Å². The minimum absolute atomic E-state index is 0.334. The van der Waals surface area contributed by atoms with Crippen molar-refractivity contribution < 1.29 is 0 Å². The molecule has 1 spiro atoms. The average Bonchev–Trinajstić information content (AvgIpc) is 2.97. The molecule has 0 saturated carbocycles. The van der Waals surface area contributed by atoms with Crippen molar-refractivity contribution in [3.05, 3.63) is 0 Å². The van der Waals surface area contributed by atoms with E-state index in [1.165, 1.54) is 71.4 Å². The van der Waals surface area contributed by atoms with Gasteiger partial charge in [0.2, 0.25) is 0 Å². The van der Waals surface area contributed by atoms with Crippen molar-refractivity contribution in [1.29, 1.82) is 0 Å². The first-order chi connectivity index (χ1) is 11.1. The topological polar surface area (TPSA) is 9.72 Å². The first-order valence-corrected chi connectivity index (χ1v) is 10.3. The molecule has 3 heteroatoms. The summed E-state index contributed by atoms with van der Waals surface area (Å²) in [5.74, 6) is 0. The molecule has 1 atom stereocenters. The fraction of sp³-hybridized carbons (Fsp3) is 1.00. The second kappa shape index (κ2) is 6.55. The largest absolute Gasteiger partial charge is 0.299 e. The Morgan fingerprint density at radius 1 is 0.750 bits per heavy atom. The maximum Gasteiger partial charge on any atom is 0.0235 e. The lowest BCUT2D eigenvalue weighted by molar-refractivity contribution is -0.0162. The van der Waals surface area contributed by atoms with Crippen LogP contribution < -0.4 is 0 Å². The summed E-state index contributed by atoms with van der Waals surface area (Å²) in [6, 6.07) is 0.807. The molecular weight excluding hydrogens is 294 g/mol. The second-order valence-corrected chi connectivity index (χ2v) is 10.8. The highest BCUT2D eigenvalue weighted by Crippen LogP contribution is 2.42. The van der Waals surface area contributed by atoms with Gasteiger partial charge in [0.25, 0.3) is 0 Å². The van der Waals surface area contributed by atoms with E-state index in [0.717, 1.165) is 6.04 Å². The van der Waals surface area contributed by atoms with Crippen molar-refractivity contribution in [1.82, 2.24) is 14.7 Å². The predicted molar refractivity (Wildman–Crippen MR) is 104 cm³/mol. The third kappa shape index (κ3) is 3.99. The number of rotatable bonds is 1. The Balaban J connectivity index is 1.58. The minimum Gasteiger partial charge on any atom is -0.299 e. The molecule has 24 heavy (non-hydrogen) atoms. The van der Waals surface area contributed by atoms with Crippen LogP contribution >= 0.6 is 0 Å². The second-order valence-electron chi connectivity index (χ2n) is 10.8. The van der Waals surface area contributed by atoms with Crippen LogP contribution in [-0.2, 0) is 0 Å². The molecule has 3 fully saturated rings. The van der Waals surface area contributed by atoms with Crippen LogP contribution in [0.5, 0.6) is 0 Å². The van der Waals surface area contributed by atoms with Crippen LogP contribution in [0.1, 0.15) is 73.6 Å². The summed E-state index contributed by atoms with van der Waals surface area (Å²) in [4.78, 5) is 8.28. The van der Waals surface area contributed by atoms with Crippen LogP contribution in [0.25, 0.3) is 0 Å². The maximum absolute atomic E-state index is 2.88. The Labute approximate surface area is 150 Å². The number of nitrogens with zero attached hydrogens (tertiary/aromatic N) is 3. The van der Waals surface area contributed by atoms with Gasteiger partial charge in [-0.1, -0.05) is 0 Å². The van der Waals surface area contributed by atoms with Gasteiger partial charge in [-0.15, -0.1) is 0 Å². The molecule has 0 bridgehead atoms. The zero-order valence-corrected chi connectivity index (χ0v) is 17.2. The van der Waals surface area contributed by atoms with E-state index in [9.17, 15) is 0 Å². The lowest BCUT2D eigenvalue weighted by atomic mass is 9.71. The Bertz CT molecular complexity index is 423. The van der Waals surface area contributed by atoms with Gasteiger partial charge in [0.1, 0.15) is 0 Å². The molecule has 3 rings (SSSR count). The summed E-state index contributed by atoms with van der Waals surface area (Å²) in [7, 11) is 0. The van der Waals surface area contributed by atoms with Gasteiger partial charge >= 0.3 is 0 Å². The highest BCUT2D eigenvalue weighted by atomic mass is 15.3. The molecule has 0 aromatic rings. The summed E-state index contributed by atoms with van der Waals surface area (Å²) in [5.41, 5.74) is 1.30. The first kappa shape index (κ1) is 18.7. The molecule has 3 aliphatic heterocycles. The van der Waals surface area contributed by atoms with Gasteiger partial charge in [-0.05, 0) is 98.7 Å². The maximum atomic E-state index is 2.88. The van der Waals surface area contributed by atoms with E-state index >= 15 is 0 Å². The van der Waals surface area contributed by atoms with Gasteiger partial charge in [-0.2, -0.15) is 0 Å². The van der Waals surface area contributed by atoms with E-state index in [4.69, 9.17) is 0 Å². The third-order valence-corrected chi connectivity index (χ3v) is 7.09. The van der Waals surface area contributed by atoms with Gasteiger partial charge in [-0.25, -0.2) is 0 Å². The zero-order valence-electron chi connectivity index (χ0n) is 17.2. The van der Waals surface area contributed by atoms with Gasteiger partial charge in [-0.3, -0.25) is 14.7 Å². The average molecular weight is 336 g/mol. The number of piperidine rings is 2. The molecule has 0 N–H and O–H groups in total. The highest BCUT2D eigenvalue weighted by molar-refractivity contribution is 4.97. The Kier molecular flexibility index (Phi) is 5.10. The first-order valence-electron chi connectivity index (χ1n) is 10.3. The fourth-order valence-corrected chi connectivity index (χ4v) is 5.27. The monoisotopic (exact) mass is 335 g/mol. The van der Waals surface area contributed by atoms with E-state index in [1.54, 1.807) is 0 Å². The molecule has 3 saturated heterocycles. The summed E-state index contributed by atoms with van der Waals surface area (Å²) >= 11 is 0. The Morgan fingerprint density at radius 2 is 1.38 bits per heavy atom. The van der Waals surface area contributed by atoms with Crippen LogP contribution in [0.2, 0.25) is 0 Å². The van der Waals surface area contributed by atoms with Gasteiger partial charge in [0, 0.05) is 36.8 Å². The molecular formula is C21H41N3. The summed E-state index contributed by atoms with van der Waals surface area (Å²) in [6.07, 6.45) is 7.09. The molecule has 0 aliphatic carbocycles. The highest BCUT2D eigenvalue weighted by Gasteiger charge is 2.43. The Hall–Kier alpha value is -0.120. The predicted octanol–water partition coefficient (Wildman–Crippen LogP) is 3.84. The molecule has 0 radical (unpaired) electrons. The van der Waals surface area contributed by atoms with E-state index < -0.39 is 0 Å². The van der Waals surface area contributed by atoms with Crippen molar-refractivity contribution in [2.75, 3.05) is 39.3 Å². The van der Waals surface area contributed by atoms with E-state index in [2.05, 4.69) is 56.2 Å². The summed E-state index contributed by atoms with van der Waals surface area (Å²) in [5, 5.41) is 0. The number of likely N-dealkylation sites (tertiary alicyclic amines) is 3. The van der Waals surface area contributed by atoms with Crippen molar-refractivity contribution in [3.8, 4) is 0 Å². The van der Waals surface area contributed by atoms with E-state index in [-0.39, 0.29) is 0 Å². The fourth-order valence-electron chi connectivity index (χ4n) is 5.27. The zero-order chi connectivity index (χ0) is 17.6. The minimum atomic E-state index is 0.334. The van der Waals surface area contributed by atoms with Gasteiger partial charge in [0.15, 0.2) is 0 Å². The van der Waals surface area contributed by atoms with Crippen molar-refractivity contribution >= 4 is 0 Å². The molecule has 1 unspecified atom stereocenters. The van der Waals surface area contributed by atoms with Crippen molar-refractivity contribution in [2.24, 2.45) is 5.41 Å². The standard InChI is InChI=1S/C21H41N3/c1-19(2,3)23-14-10-21(11-15-23)9-7-12-22(17-21)18-8-13-24(16-18)20(4,5)6/h18H,7-17H2,1-6H3. The van der Waals surface area contributed by atoms with E-state index in [1.807, 2.05) is 0 Å². The van der Waals surface area contributed by atoms with Crippen LogP contribution in [0.4, 0.5) is 0 Å². The van der Waals surface area contributed by atoms with Gasteiger partial charge < -0.3 is 0 Å². The number of hydrogen-bond donors (Lipinski definition) is 0. The molecule has 3 heterocycles. The summed E-state index contributed by atoms with van der Waals surface area (Å²) in [6.45, 7) is 22.1. The molecule has 0 aromatic heterocycles. The quantitative estimate of drug-likeness (QED) is 0.721. The van der Waals surface area contributed by atoms with Crippen LogP contribution in [-0.4, -0.2) is 71.1 Å². The van der Waals surface area contributed by atoms with Crippen molar-refractivity contribution in [2.45, 2.75) is 90.8 Å². The third-order valence-electron chi connectivity index (χ3n) is 7.09. The van der Waals surface area contributed by atoms with Crippen LogP contribution in [0.3, 0.4) is 0 Å². The van der Waals surface area contributed by atoms with Crippen LogP contribution in [0, 0.1) is 5.41 Å². The lowest BCUT2D eigenvalue weighted by Crippen LogP contribution is -2.55. The smallest absolute Gasteiger partial charge is 0.0235 e. The Morgan fingerprint density at radius 3 is 1.92 bits per heavy atom. The van der Waals surface area contributed by atoms with Gasteiger partial charge in [0.05, 0.1) is 0 Å². The van der Waals surface area contributed by atoms with Crippen molar-refractivity contribution in [3.63, 3.8) is 0 Å².